The fraction of sp³-hybridized carbons (Fsp3) is 0.0556. The van der Waals surface area contributed by atoms with Gasteiger partial charge in [0.1, 0.15) is 11.2 Å². The summed E-state index contributed by atoms with van der Waals surface area (Å²) < 4.78 is 5.83. The minimum Gasteiger partial charge on any atom is -0.456 e. The lowest BCUT2D eigenvalue weighted by molar-refractivity contribution is 0.425. The molecule has 23 heavy (non-hydrogen) atoms. The van der Waals surface area contributed by atoms with Crippen molar-refractivity contribution in [1.82, 2.24) is 4.98 Å². The molecule has 2 N–H and O–H groups in total. The van der Waals surface area contributed by atoms with Gasteiger partial charge in [-0.25, -0.2) is 0 Å². The number of nitrogens with zero attached hydrogens (tertiary/aromatic N) is 1. The van der Waals surface area contributed by atoms with Crippen LogP contribution in [0.15, 0.2) is 59.1 Å². The van der Waals surface area contributed by atoms with Gasteiger partial charge in [-0.3, -0.25) is 4.98 Å². The van der Waals surface area contributed by atoms with Gasteiger partial charge in [0.15, 0.2) is 0 Å². The van der Waals surface area contributed by atoms with Gasteiger partial charge in [-0.15, -0.1) is 0 Å². The lowest BCUT2D eigenvalue weighted by Gasteiger charge is -2.07. The number of aryl methyl sites for hydroxylation is 1. The number of fused-ring (bicyclic) bond motifs is 3. The van der Waals surface area contributed by atoms with Gasteiger partial charge < -0.3 is 14.5 Å². The lowest BCUT2D eigenvalue weighted by atomic mass is 9.77. The largest absolute Gasteiger partial charge is 0.492 e. The van der Waals surface area contributed by atoms with Crippen LogP contribution < -0.4 is 5.46 Å². The average Bonchev–Trinajstić information content (AvgIpc) is 2.92. The molecule has 2 aromatic carbocycles. The van der Waals surface area contributed by atoms with E-state index in [1.54, 1.807) is 12.3 Å². The second-order valence-corrected chi connectivity index (χ2v) is 5.60. The predicted molar refractivity (Wildman–Crippen MR) is 91.5 cm³/mol. The minimum atomic E-state index is -1.60. The number of hydrogen-bond acceptors (Lipinski definition) is 4. The summed E-state index contributed by atoms with van der Waals surface area (Å²) in [5, 5.41) is 21.3. The Kier molecular flexibility index (Phi) is 3.18. The maximum Gasteiger partial charge on any atom is 0.492 e. The highest BCUT2D eigenvalue weighted by Crippen LogP contribution is 2.31. The Morgan fingerprint density at radius 1 is 0.957 bits per heavy atom. The van der Waals surface area contributed by atoms with Crippen LogP contribution in [-0.2, 0) is 0 Å². The fourth-order valence-corrected chi connectivity index (χ4v) is 2.94. The third-order valence-corrected chi connectivity index (χ3v) is 4.02. The van der Waals surface area contributed by atoms with Gasteiger partial charge in [-0.2, -0.15) is 0 Å². The zero-order valence-electron chi connectivity index (χ0n) is 12.5. The molecule has 0 saturated carbocycles. The van der Waals surface area contributed by atoms with Crippen molar-refractivity contribution in [3.63, 3.8) is 0 Å². The van der Waals surface area contributed by atoms with Crippen molar-refractivity contribution in [2.24, 2.45) is 0 Å². The number of rotatable bonds is 2. The summed E-state index contributed by atoms with van der Waals surface area (Å²) in [4.78, 5) is 4.21. The minimum absolute atomic E-state index is 0.364. The van der Waals surface area contributed by atoms with E-state index in [4.69, 9.17) is 4.42 Å². The molecule has 0 aliphatic carbocycles. The van der Waals surface area contributed by atoms with Gasteiger partial charge >= 0.3 is 7.12 Å². The van der Waals surface area contributed by atoms with Crippen LogP contribution in [0.1, 0.15) is 5.69 Å². The summed E-state index contributed by atoms with van der Waals surface area (Å²) in [6.07, 6.45) is 1.75. The van der Waals surface area contributed by atoms with E-state index >= 15 is 0 Å². The highest BCUT2D eigenvalue weighted by atomic mass is 16.4. The Bertz CT molecular complexity index is 1020. The molecule has 0 amide bonds. The van der Waals surface area contributed by atoms with E-state index in [2.05, 4.69) is 4.98 Å². The van der Waals surface area contributed by atoms with E-state index in [1.807, 2.05) is 49.4 Å². The first-order valence-corrected chi connectivity index (χ1v) is 7.38. The first-order chi connectivity index (χ1) is 11.1. The average molecular weight is 303 g/mol. The quantitative estimate of drug-likeness (QED) is 0.559. The molecule has 4 rings (SSSR count). The maximum absolute atomic E-state index is 9.76. The van der Waals surface area contributed by atoms with Crippen LogP contribution in [0.2, 0.25) is 0 Å². The highest BCUT2D eigenvalue weighted by Gasteiger charge is 2.21. The molecule has 4 aromatic rings. The summed E-state index contributed by atoms with van der Waals surface area (Å²) in [5.74, 6) is 0. The summed E-state index contributed by atoms with van der Waals surface area (Å²) >= 11 is 0. The third-order valence-electron chi connectivity index (χ3n) is 4.02. The second-order valence-electron chi connectivity index (χ2n) is 5.60. The molecule has 0 unspecified atom stereocenters. The standard InChI is InChI=1S/C18H14BNO3/c1-11-8-12(6-7-20-11)13-9-15-14-4-2-3-5-17(14)23-18(15)16(10-13)19(21)22/h2-10,21-22H,1H3. The van der Waals surface area contributed by atoms with Gasteiger partial charge in [0, 0.05) is 28.1 Å². The Morgan fingerprint density at radius 3 is 2.57 bits per heavy atom. The summed E-state index contributed by atoms with van der Waals surface area (Å²) in [6, 6.07) is 15.3. The van der Waals surface area contributed by atoms with Crippen molar-refractivity contribution < 1.29 is 14.5 Å². The summed E-state index contributed by atoms with van der Waals surface area (Å²) in [5.41, 5.74) is 4.39. The molecule has 0 atom stereocenters. The number of pyridine rings is 1. The number of aromatic nitrogens is 1. The van der Waals surface area contributed by atoms with Crippen LogP contribution in [0.3, 0.4) is 0 Å². The topological polar surface area (TPSA) is 66.5 Å². The Labute approximate surface area is 133 Å². The molecule has 2 heterocycles. The van der Waals surface area contributed by atoms with Gasteiger partial charge in [-0.05, 0) is 42.3 Å². The fourth-order valence-electron chi connectivity index (χ4n) is 2.94. The number of para-hydroxylation sites is 1. The van der Waals surface area contributed by atoms with Crippen LogP contribution in [0.4, 0.5) is 0 Å². The van der Waals surface area contributed by atoms with Gasteiger partial charge in [0.25, 0.3) is 0 Å². The van der Waals surface area contributed by atoms with E-state index in [0.717, 1.165) is 33.2 Å². The molecule has 0 aliphatic rings. The number of furan rings is 1. The van der Waals surface area contributed by atoms with Crippen molar-refractivity contribution in [3.05, 3.63) is 60.4 Å². The van der Waals surface area contributed by atoms with Gasteiger partial charge in [0.2, 0.25) is 0 Å². The van der Waals surface area contributed by atoms with E-state index in [9.17, 15) is 10.0 Å². The van der Waals surface area contributed by atoms with Crippen LogP contribution in [0.25, 0.3) is 33.1 Å². The molecule has 0 bridgehead atoms. The molecule has 0 saturated heterocycles. The zero-order chi connectivity index (χ0) is 16.0. The summed E-state index contributed by atoms with van der Waals surface area (Å²) in [7, 11) is -1.60. The zero-order valence-corrected chi connectivity index (χ0v) is 12.5. The molecule has 0 fully saturated rings. The number of hydrogen-bond donors (Lipinski definition) is 2. The Hall–Kier alpha value is -2.63. The van der Waals surface area contributed by atoms with Crippen LogP contribution >= 0.6 is 0 Å². The second kappa shape index (κ2) is 5.23. The van der Waals surface area contributed by atoms with Crippen molar-refractivity contribution in [2.75, 3.05) is 0 Å². The normalized spacial score (nSPS) is 11.3. The van der Waals surface area contributed by atoms with Crippen molar-refractivity contribution >= 4 is 34.5 Å². The van der Waals surface area contributed by atoms with Crippen molar-refractivity contribution in [2.45, 2.75) is 6.92 Å². The summed E-state index contributed by atoms with van der Waals surface area (Å²) in [6.45, 7) is 1.93. The lowest BCUT2D eigenvalue weighted by Crippen LogP contribution is -2.30. The van der Waals surface area contributed by atoms with E-state index in [0.29, 0.717) is 11.0 Å². The van der Waals surface area contributed by atoms with Crippen LogP contribution in [0, 0.1) is 6.92 Å². The van der Waals surface area contributed by atoms with E-state index in [1.165, 1.54) is 0 Å². The SMILES string of the molecule is Cc1cc(-c2cc(B(O)O)c3oc4ccccc4c3c2)ccn1. The first kappa shape index (κ1) is 14.0. The molecule has 0 aliphatic heterocycles. The predicted octanol–water partition coefficient (Wildman–Crippen LogP) is 2.64. The van der Waals surface area contributed by atoms with Crippen LogP contribution in [-0.4, -0.2) is 22.2 Å². The van der Waals surface area contributed by atoms with E-state index in [-0.39, 0.29) is 0 Å². The molecule has 4 nitrogen and oxygen atoms in total. The van der Waals surface area contributed by atoms with Crippen molar-refractivity contribution in [1.29, 1.82) is 0 Å². The molecule has 112 valence electrons. The maximum atomic E-state index is 9.76. The van der Waals surface area contributed by atoms with Gasteiger partial charge in [-0.1, -0.05) is 24.3 Å². The third kappa shape index (κ3) is 2.30. The molecule has 0 spiro atoms. The molecular formula is C18H14BNO3. The smallest absolute Gasteiger partial charge is 0.456 e. The van der Waals surface area contributed by atoms with Crippen molar-refractivity contribution in [3.8, 4) is 11.1 Å². The van der Waals surface area contributed by atoms with E-state index < -0.39 is 7.12 Å². The van der Waals surface area contributed by atoms with Crippen LogP contribution in [0.5, 0.6) is 0 Å². The first-order valence-electron chi connectivity index (χ1n) is 7.38. The Morgan fingerprint density at radius 2 is 1.78 bits per heavy atom. The molecule has 2 aromatic heterocycles. The molecule has 5 heteroatoms. The van der Waals surface area contributed by atoms with Gasteiger partial charge in [0.05, 0.1) is 0 Å². The molecular weight excluding hydrogens is 289 g/mol. The Balaban J connectivity index is 2.08. The monoisotopic (exact) mass is 303 g/mol. The number of benzene rings is 2. The highest BCUT2D eigenvalue weighted by molar-refractivity contribution is 6.62. The molecule has 0 radical (unpaired) electrons.